The second kappa shape index (κ2) is 2.86. The molecule has 2 atom stereocenters. The van der Waals surface area contributed by atoms with E-state index in [0.717, 1.165) is 12.8 Å². The van der Waals surface area contributed by atoms with Gasteiger partial charge in [0.25, 0.3) is 0 Å². The first kappa shape index (κ1) is 8.28. The molecule has 0 heterocycles. The first-order valence-corrected chi connectivity index (χ1v) is 5.25. The highest BCUT2D eigenvalue weighted by Gasteiger charge is 2.42. The molecule has 2 rings (SSSR count). The molecule has 0 aromatic carbocycles. The molecule has 12 heavy (non-hydrogen) atoms. The largest absolute Gasteiger partial charge is 0.299 e. The highest BCUT2D eigenvalue weighted by molar-refractivity contribution is 5.82. The lowest BCUT2D eigenvalue weighted by molar-refractivity contribution is -0.132. The summed E-state index contributed by atoms with van der Waals surface area (Å²) in [7, 11) is 0. The zero-order valence-corrected chi connectivity index (χ0v) is 7.94. The van der Waals surface area contributed by atoms with E-state index in [1.807, 2.05) is 0 Å². The molecule has 2 saturated carbocycles. The van der Waals surface area contributed by atoms with Crippen LogP contribution in [-0.2, 0) is 4.79 Å². The van der Waals surface area contributed by atoms with Crippen LogP contribution in [0.5, 0.6) is 0 Å². The molecule has 1 nitrogen and oxygen atoms in total. The van der Waals surface area contributed by atoms with Gasteiger partial charge in [-0.3, -0.25) is 4.79 Å². The molecule has 2 fully saturated rings. The molecule has 0 aromatic heterocycles. The van der Waals surface area contributed by atoms with Crippen molar-refractivity contribution in [3.63, 3.8) is 0 Å². The fourth-order valence-corrected chi connectivity index (χ4v) is 3.09. The standard InChI is InChI=1S/C11H18O/c1-11-7-3-2-5-9(11)10(12)6-4-8-11/h9H,2-8H2,1H3/t9?,11-/m1/s1. The Balaban J connectivity index is 2.18. The van der Waals surface area contributed by atoms with Crippen LogP contribution >= 0.6 is 0 Å². The molecule has 1 unspecified atom stereocenters. The van der Waals surface area contributed by atoms with Crippen LogP contribution in [0.25, 0.3) is 0 Å². The minimum Gasteiger partial charge on any atom is -0.299 e. The SMILES string of the molecule is C[C@]12CCCCC1C(=O)CCC2. The Morgan fingerprint density at radius 2 is 2.00 bits per heavy atom. The van der Waals surface area contributed by atoms with Gasteiger partial charge in [-0.15, -0.1) is 0 Å². The van der Waals surface area contributed by atoms with Gasteiger partial charge in [0.1, 0.15) is 5.78 Å². The fraction of sp³-hybridized carbons (Fsp3) is 0.909. The Morgan fingerprint density at radius 1 is 1.25 bits per heavy atom. The van der Waals surface area contributed by atoms with Crippen LogP contribution in [0.1, 0.15) is 51.9 Å². The molecule has 0 bridgehead atoms. The molecule has 0 N–H and O–H groups in total. The highest BCUT2D eigenvalue weighted by Crippen LogP contribution is 2.48. The van der Waals surface area contributed by atoms with Crippen molar-refractivity contribution in [1.29, 1.82) is 0 Å². The summed E-state index contributed by atoms with van der Waals surface area (Å²) in [5.41, 5.74) is 0.396. The van der Waals surface area contributed by atoms with Crippen LogP contribution < -0.4 is 0 Å². The Kier molecular flexibility index (Phi) is 1.97. The van der Waals surface area contributed by atoms with Gasteiger partial charge >= 0.3 is 0 Å². The lowest BCUT2D eigenvalue weighted by Gasteiger charge is -2.43. The zero-order valence-electron chi connectivity index (χ0n) is 7.94. The smallest absolute Gasteiger partial charge is 0.136 e. The van der Waals surface area contributed by atoms with E-state index in [1.165, 1.54) is 32.1 Å². The summed E-state index contributed by atoms with van der Waals surface area (Å²) >= 11 is 0. The number of rotatable bonds is 0. The van der Waals surface area contributed by atoms with E-state index in [4.69, 9.17) is 0 Å². The average Bonchev–Trinajstić information content (AvgIpc) is 2.04. The molecule has 2 aliphatic rings. The fourth-order valence-electron chi connectivity index (χ4n) is 3.09. The highest BCUT2D eigenvalue weighted by atomic mass is 16.1. The Bertz CT molecular complexity index is 193. The number of hydrogen-bond donors (Lipinski definition) is 0. The number of fused-ring (bicyclic) bond motifs is 1. The van der Waals surface area contributed by atoms with Gasteiger partial charge in [0.2, 0.25) is 0 Å². The summed E-state index contributed by atoms with van der Waals surface area (Å²) in [6.45, 7) is 2.33. The van der Waals surface area contributed by atoms with E-state index in [2.05, 4.69) is 6.92 Å². The van der Waals surface area contributed by atoms with Crippen LogP contribution in [-0.4, -0.2) is 5.78 Å². The monoisotopic (exact) mass is 166 g/mol. The zero-order chi connectivity index (χ0) is 8.60. The van der Waals surface area contributed by atoms with E-state index in [1.54, 1.807) is 0 Å². The number of hydrogen-bond acceptors (Lipinski definition) is 1. The molecule has 0 aliphatic heterocycles. The second-order valence-electron chi connectivity index (χ2n) is 4.77. The maximum atomic E-state index is 11.6. The van der Waals surface area contributed by atoms with Gasteiger partial charge in [0, 0.05) is 12.3 Å². The maximum Gasteiger partial charge on any atom is 0.136 e. The van der Waals surface area contributed by atoms with Crippen LogP contribution in [0.15, 0.2) is 0 Å². The van der Waals surface area contributed by atoms with Gasteiger partial charge < -0.3 is 0 Å². The molecule has 0 aromatic rings. The third-order valence-corrected chi connectivity index (χ3v) is 3.89. The summed E-state index contributed by atoms with van der Waals surface area (Å²) in [4.78, 5) is 11.6. The summed E-state index contributed by atoms with van der Waals surface area (Å²) in [5, 5.41) is 0. The first-order valence-electron chi connectivity index (χ1n) is 5.25. The average molecular weight is 166 g/mol. The third kappa shape index (κ3) is 1.19. The lowest BCUT2D eigenvalue weighted by atomic mass is 9.60. The minimum absolute atomic E-state index is 0.396. The van der Waals surface area contributed by atoms with Gasteiger partial charge in [-0.2, -0.15) is 0 Å². The molecule has 68 valence electrons. The summed E-state index contributed by atoms with van der Waals surface area (Å²) in [6.07, 6.45) is 8.40. The molecule has 0 saturated heterocycles. The van der Waals surface area contributed by atoms with Crippen molar-refractivity contribution in [2.45, 2.75) is 51.9 Å². The third-order valence-electron chi connectivity index (χ3n) is 3.89. The predicted molar refractivity (Wildman–Crippen MR) is 48.9 cm³/mol. The van der Waals surface area contributed by atoms with Gasteiger partial charge in [-0.1, -0.05) is 19.8 Å². The molecule has 0 amide bonds. The summed E-state index contributed by atoms with van der Waals surface area (Å²) in [6, 6.07) is 0. The molecule has 0 spiro atoms. The van der Waals surface area contributed by atoms with Gasteiger partial charge in [-0.25, -0.2) is 0 Å². The van der Waals surface area contributed by atoms with Crippen molar-refractivity contribution in [3.8, 4) is 0 Å². The Morgan fingerprint density at radius 3 is 2.75 bits per heavy atom. The van der Waals surface area contributed by atoms with E-state index in [-0.39, 0.29) is 0 Å². The first-order chi connectivity index (χ1) is 5.72. The number of ketones is 1. The number of carbonyl (C=O) groups excluding carboxylic acids is 1. The van der Waals surface area contributed by atoms with E-state index < -0.39 is 0 Å². The molecular formula is C11H18O. The van der Waals surface area contributed by atoms with E-state index in [9.17, 15) is 4.79 Å². The second-order valence-corrected chi connectivity index (χ2v) is 4.77. The molecule has 2 aliphatic carbocycles. The summed E-state index contributed by atoms with van der Waals surface area (Å²) in [5.74, 6) is 0.989. The normalized spacial score (nSPS) is 42.4. The van der Waals surface area contributed by atoms with Gasteiger partial charge in [0.15, 0.2) is 0 Å². The Hall–Kier alpha value is -0.330. The minimum atomic E-state index is 0.396. The van der Waals surface area contributed by atoms with Crippen molar-refractivity contribution < 1.29 is 4.79 Å². The summed E-state index contributed by atoms with van der Waals surface area (Å²) < 4.78 is 0. The maximum absolute atomic E-state index is 11.6. The van der Waals surface area contributed by atoms with Crippen molar-refractivity contribution in [2.75, 3.05) is 0 Å². The van der Waals surface area contributed by atoms with E-state index in [0.29, 0.717) is 17.1 Å². The number of carbonyl (C=O) groups is 1. The van der Waals surface area contributed by atoms with Gasteiger partial charge in [-0.05, 0) is 31.1 Å². The van der Waals surface area contributed by atoms with Crippen LogP contribution in [0, 0.1) is 11.3 Å². The van der Waals surface area contributed by atoms with Crippen molar-refractivity contribution in [3.05, 3.63) is 0 Å². The van der Waals surface area contributed by atoms with Crippen molar-refractivity contribution in [1.82, 2.24) is 0 Å². The Labute approximate surface area is 74.5 Å². The quantitative estimate of drug-likeness (QED) is 0.540. The molecular weight excluding hydrogens is 148 g/mol. The number of Topliss-reactive ketones (excluding diaryl/α,β-unsaturated/α-hetero) is 1. The van der Waals surface area contributed by atoms with Crippen LogP contribution in [0.2, 0.25) is 0 Å². The van der Waals surface area contributed by atoms with Crippen molar-refractivity contribution in [2.24, 2.45) is 11.3 Å². The molecule has 0 radical (unpaired) electrons. The predicted octanol–water partition coefficient (Wildman–Crippen LogP) is 2.94. The van der Waals surface area contributed by atoms with Crippen LogP contribution in [0.3, 0.4) is 0 Å². The topological polar surface area (TPSA) is 17.1 Å². The van der Waals surface area contributed by atoms with Crippen LogP contribution in [0.4, 0.5) is 0 Å². The van der Waals surface area contributed by atoms with Gasteiger partial charge in [0.05, 0.1) is 0 Å². The van der Waals surface area contributed by atoms with E-state index >= 15 is 0 Å². The lowest BCUT2D eigenvalue weighted by Crippen LogP contribution is -2.39. The van der Waals surface area contributed by atoms with Crippen molar-refractivity contribution >= 4 is 5.78 Å². The molecule has 1 heteroatoms.